The fourth-order valence-electron chi connectivity index (χ4n) is 4.18. The lowest BCUT2D eigenvalue weighted by Crippen LogP contribution is -2.34. The van der Waals surface area contributed by atoms with Gasteiger partial charge in [-0.1, -0.05) is 36.6 Å². The standard InChI is InChI=1S/C21H28N4O3/c1-27-19-10-5-9-17-14-24(11-6-12-28-20(17)19)21(26)18-15-25(23-22-18)13-16-7-3-2-4-8-16/h5,9-10,15-16H,2-4,6-8,11-14H2,1H3. The van der Waals surface area contributed by atoms with Gasteiger partial charge in [-0.15, -0.1) is 5.10 Å². The number of carbonyl (C=O) groups is 1. The molecule has 0 unspecified atom stereocenters. The van der Waals surface area contributed by atoms with Gasteiger partial charge in [0.05, 0.1) is 19.9 Å². The fourth-order valence-corrected chi connectivity index (χ4v) is 4.18. The summed E-state index contributed by atoms with van der Waals surface area (Å²) in [5, 5.41) is 8.38. The molecule has 4 rings (SSSR count). The van der Waals surface area contributed by atoms with Crippen molar-refractivity contribution in [2.24, 2.45) is 5.92 Å². The molecule has 0 spiro atoms. The number of hydrogen-bond acceptors (Lipinski definition) is 5. The van der Waals surface area contributed by atoms with Gasteiger partial charge in [0.1, 0.15) is 0 Å². The number of rotatable bonds is 4. The van der Waals surface area contributed by atoms with Crippen LogP contribution in [0.4, 0.5) is 0 Å². The minimum atomic E-state index is -0.0782. The molecular formula is C21H28N4O3. The zero-order chi connectivity index (χ0) is 19.3. The summed E-state index contributed by atoms with van der Waals surface area (Å²) in [6.45, 7) is 2.51. The first-order valence-corrected chi connectivity index (χ1v) is 10.2. The van der Waals surface area contributed by atoms with Crippen molar-refractivity contribution in [3.8, 4) is 11.5 Å². The van der Waals surface area contributed by atoms with Gasteiger partial charge in [-0.05, 0) is 31.2 Å². The summed E-state index contributed by atoms with van der Waals surface area (Å²) < 4.78 is 13.1. The topological polar surface area (TPSA) is 69.5 Å². The Morgan fingerprint density at radius 3 is 2.93 bits per heavy atom. The maximum Gasteiger partial charge on any atom is 0.276 e. The Bertz CT molecular complexity index is 814. The van der Waals surface area contributed by atoms with Gasteiger partial charge in [0.15, 0.2) is 17.2 Å². The molecule has 7 heteroatoms. The summed E-state index contributed by atoms with van der Waals surface area (Å²) in [5.74, 6) is 2.00. The zero-order valence-electron chi connectivity index (χ0n) is 16.5. The van der Waals surface area contributed by atoms with Gasteiger partial charge >= 0.3 is 0 Å². The molecule has 150 valence electrons. The molecule has 28 heavy (non-hydrogen) atoms. The molecule has 0 saturated heterocycles. The molecule has 1 aliphatic heterocycles. The molecule has 0 atom stereocenters. The molecule has 0 bridgehead atoms. The first kappa shape index (κ1) is 18.8. The van der Waals surface area contributed by atoms with Gasteiger partial charge in [-0.2, -0.15) is 0 Å². The van der Waals surface area contributed by atoms with Crippen LogP contribution >= 0.6 is 0 Å². The van der Waals surface area contributed by atoms with Crippen molar-refractivity contribution in [3.05, 3.63) is 35.7 Å². The first-order chi connectivity index (χ1) is 13.7. The Morgan fingerprint density at radius 2 is 2.11 bits per heavy atom. The van der Waals surface area contributed by atoms with Crippen LogP contribution in [0.3, 0.4) is 0 Å². The number of methoxy groups -OCH3 is 1. The Kier molecular flexibility index (Phi) is 5.78. The molecule has 0 radical (unpaired) electrons. The van der Waals surface area contributed by atoms with Crippen molar-refractivity contribution < 1.29 is 14.3 Å². The van der Waals surface area contributed by atoms with Crippen molar-refractivity contribution in [1.29, 1.82) is 0 Å². The number of hydrogen-bond donors (Lipinski definition) is 0. The van der Waals surface area contributed by atoms with Gasteiger partial charge in [-0.25, -0.2) is 0 Å². The monoisotopic (exact) mass is 384 g/mol. The average molecular weight is 384 g/mol. The SMILES string of the molecule is COc1cccc2c1OCCCN(C(=O)c1cn(CC3CCCCC3)nn1)C2. The maximum absolute atomic E-state index is 13.1. The Labute approximate surface area is 165 Å². The lowest BCUT2D eigenvalue weighted by atomic mass is 9.89. The van der Waals surface area contributed by atoms with Crippen LogP contribution in [0.1, 0.15) is 54.6 Å². The van der Waals surface area contributed by atoms with Gasteiger partial charge in [0.2, 0.25) is 0 Å². The molecule has 1 aromatic carbocycles. The number of amides is 1. The van der Waals surface area contributed by atoms with Crippen LogP contribution in [0.5, 0.6) is 11.5 Å². The van der Waals surface area contributed by atoms with E-state index in [0.717, 1.165) is 24.3 Å². The van der Waals surface area contributed by atoms with Crippen molar-refractivity contribution in [1.82, 2.24) is 19.9 Å². The third-order valence-corrected chi connectivity index (χ3v) is 5.68. The number of aromatic nitrogens is 3. The van der Waals surface area contributed by atoms with Crippen molar-refractivity contribution in [2.75, 3.05) is 20.3 Å². The number of ether oxygens (including phenoxy) is 2. The Morgan fingerprint density at radius 1 is 1.25 bits per heavy atom. The summed E-state index contributed by atoms with van der Waals surface area (Å²) in [5.41, 5.74) is 1.36. The molecule has 1 aromatic heterocycles. The van der Waals surface area contributed by atoms with E-state index in [2.05, 4.69) is 10.3 Å². The van der Waals surface area contributed by atoms with E-state index in [4.69, 9.17) is 9.47 Å². The fraction of sp³-hybridized carbons (Fsp3) is 0.571. The lowest BCUT2D eigenvalue weighted by Gasteiger charge is -2.26. The van der Waals surface area contributed by atoms with Crippen LogP contribution in [-0.4, -0.2) is 46.1 Å². The number of carbonyl (C=O) groups excluding carboxylic acids is 1. The third kappa shape index (κ3) is 4.13. The molecule has 0 N–H and O–H groups in total. The minimum Gasteiger partial charge on any atom is -0.493 e. The predicted octanol–water partition coefficient (Wildman–Crippen LogP) is 3.29. The molecule has 1 amide bonds. The van der Waals surface area contributed by atoms with Crippen LogP contribution in [0.25, 0.3) is 0 Å². The van der Waals surface area contributed by atoms with Gasteiger partial charge < -0.3 is 14.4 Å². The molecule has 1 aliphatic carbocycles. The van der Waals surface area contributed by atoms with Crippen molar-refractivity contribution in [3.63, 3.8) is 0 Å². The summed E-state index contributed by atoms with van der Waals surface area (Å²) in [4.78, 5) is 14.9. The van der Waals surface area contributed by atoms with E-state index >= 15 is 0 Å². The van der Waals surface area contributed by atoms with E-state index < -0.39 is 0 Å². The second-order valence-electron chi connectivity index (χ2n) is 7.71. The average Bonchev–Trinajstić information content (AvgIpc) is 3.17. The first-order valence-electron chi connectivity index (χ1n) is 10.2. The van der Waals surface area contributed by atoms with Crippen molar-refractivity contribution >= 4 is 5.91 Å². The molecule has 1 fully saturated rings. The molecule has 7 nitrogen and oxygen atoms in total. The highest BCUT2D eigenvalue weighted by molar-refractivity contribution is 5.92. The van der Waals surface area contributed by atoms with Crippen LogP contribution in [-0.2, 0) is 13.1 Å². The van der Waals surface area contributed by atoms with E-state index in [1.807, 2.05) is 27.8 Å². The molecule has 2 aromatic rings. The van der Waals surface area contributed by atoms with Crippen molar-refractivity contribution in [2.45, 2.75) is 51.6 Å². The summed E-state index contributed by atoms with van der Waals surface area (Å²) in [6.07, 6.45) is 8.98. The third-order valence-electron chi connectivity index (χ3n) is 5.68. The molecule has 2 aliphatic rings. The predicted molar refractivity (Wildman–Crippen MR) is 104 cm³/mol. The number of para-hydroxylation sites is 1. The highest BCUT2D eigenvalue weighted by atomic mass is 16.5. The molecule has 1 saturated carbocycles. The lowest BCUT2D eigenvalue weighted by molar-refractivity contribution is 0.0715. The van der Waals surface area contributed by atoms with Gasteiger partial charge in [0.25, 0.3) is 5.91 Å². The zero-order valence-corrected chi connectivity index (χ0v) is 16.5. The van der Waals surface area contributed by atoms with Gasteiger partial charge in [0, 0.05) is 25.2 Å². The highest BCUT2D eigenvalue weighted by Gasteiger charge is 2.24. The second kappa shape index (κ2) is 8.63. The van der Waals surface area contributed by atoms with E-state index in [1.54, 1.807) is 13.3 Å². The Hall–Kier alpha value is -2.57. The largest absolute Gasteiger partial charge is 0.493 e. The summed E-state index contributed by atoms with van der Waals surface area (Å²) >= 11 is 0. The van der Waals surface area contributed by atoms with E-state index in [0.29, 0.717) is 37.1 Å². The second-order valence-corrected chi connectivity index (χ2v) is 7.71. The van der Waals surface area contributed by atoms with E-state index in [1.165, 1.54) is 32.1 Å². The minimum absolute atomic E-state index is 0.0782. The molecule has 2 heterocycles. The number of nitrogens with zero attached hydrogens (tertiary/aromatic N) is 4. The highest BCUT2D eigenvalue weighted by Crippen LogP contribution is 2.33. The van der Waals surface area contributed by atoms with E-state index in [9.17, 15) is 4.79 Å². The summed E-state index contributed by atoms with van der Waals surface area (Å²) in [6, 6.07) is 5.78. The van der Waals surface area contributed by atoms with Gasteiger partial charge in [-0.3, -0.25) is 9.48 Å². The summed E-state index contributed by atoms with van der Waals surface area (Å²) in [7, 11) is 1.63. The Balaban J connectivity index is 1.48. The van der Waals surface area contributed by atoms with Crippen LogP contribution < -0.4 is 9.47 Å². The maximum atomic E-state index is 13.1. The van der Waals surface area contributed by atoms with Crippen LogP contribution in [0.2, 0.25) is 0 Å². The normalized spacial score (nSPS) is 18.0. The van der Waals surface area contributed by atoms with E-state index in [-0.39, 0.29) is 5.91 Å². The smallest absolute Gasteiger partial charge is 0.276 e. The molecular weight excluding hydrogens is 356 g/mol. The number of fused-ring (bicyclic) bond motifs is 1. The number of benzene rings is 1. The quantitative estimate of drug-likeness (QED) is 0.809. The van der Waals surface area contributed by atoms with Crippen LogP contribution in [0.15, 0.2) is 24.4 Å². The van der Waals surface area contributed by atoms with Crippen LogP contribution in [0, 0.1) is 5.92 Å².